The van der Waals surface area contributed by atoms with Crippen LogP contribution in [0.3, 0.4) is 0 Å². The molecule has 4 nitrogen and oxygen atoms in total. The molecule has 28 heavy (non-hydrogen) atoms. The van der Waals surface area contributed by atoms with Gasteiger partial charge in [-0.1, -0.05) is 60.1 Å². The van der Waals surface area contributed by atoms with Crippen LogP contribution in [0.1, 0.15) is 21.5 Å². The number of para-hydroxylation sites is 1. The molecule has 0 aliphatic carbocycles. The number of anilines is 2. The molecule has 5 heteroatoms. The van der Waals surface area contributed by atoms with Crippen molar-refractivity contribution in [2.24, 2.45) is 0 Å². The topological polar surface area (TPSA) is 58.2 Å². The van der Waals surface area contributed by atoms with Crippen LogP contribution in [0.2, 0.25) is 5.02 Å². The van der Waals surface area contributed by atoms with Crippen LogP contribution in [0.25, 0.3) is 6.08 Å². The fraction of sp³-hybridized carbons (Fsp3) is 0.0435. The van der Waals surface area contributed by atoms with Crippen LogP contribution < -0.4 is 10.6 Å². The summed E-state index contributed by atoms with van der Waals surface area (Å²) >= 11 is 6.18. The lowest BCUT2D eigenvalue weighted by Crippen LogP contribution is -2.14. The first-order chi connectivity index (χ1) is 13.5. The fourth-order valence-electron chi connectivity index (χ4n) is 2.58. The molecular weight excluding hydrogens is 372 g/mol. The molecule has 3 aromatic carbocycles. The largest absolute Gasteiger partial charge is 0.322 e. The number of carbonyl (C=O) groups excluding carboxylic acids is 2. The van der Waals surface area contributed by atoms with E-state index in [1.54, 1.807) is 24.3 Å². The minimum atomic E-state index is -0.331. The lowest BCUT2D eigenvalue weighted by atomic mass is 10.1. The summed E-state index contributed by atoms with van der Waals surface area (Å²) in [5.74, 6) is -0.608. The zero-order valence-electron chi connectivity index (χ0n) is 15.3. The van der Waals surface area contributed by atoms with Gasteiger partial charge in [-0.15, -0.1) is 0 Å². The maximum atomic E-state index is 12.5. The third kappa shape index (κ3) is 5.09. The summed E-state index contributed by atoms with van der Waals surface area (Å²) in [7, 11) is 0. The standard InChI is InChI=1S/C23H19ClN2O2/c1-16-7-5-6-10-20(16)26-23(28)18-12-13-19(24)21(15-18)25-22(27)14-11-17-8-3-2-4-9-17/h2-15H,1H3,(H,25,27)(H,26,28). The van der Waals surface area contributed by atoms with E-state index in [1.807, 2.05) is 61.5 Å². The summed E-state index contributed by atoms with van der Waals surface area (Å²) < 4.78 is 0. The maximum Gasteiger partial charge on any atom is 0.255 e. The molecule has 2 N–H and O–H groups in total. The smallest absolute Gasteiger partial charge is 0.255 e. The summed E-state index contributed by atoms with van der Waals surface area (Å²) in [5.41, 5.74) is 3.38. The lowest BCUT2D eigenvalue weighted by molar-refractivity contribution is -0.111. The normalized spacial score (nSPS) is 10.6. The number of hydrogen-bond donors (Lipinski definition) is 2. The van der Waals surface area contributed by atoms with Crippen LogP contribution >= 0.6 is 11.6 Å². The van der Waals surface area contributed by atoms with E-state index >= 15 is 0 Å². The highest BCUT2D eigenvalue weighted by Gasteiger charge is 2.11. The second-order valence-electron chi connectivity index (χ2n) is 6.20. The molecule has 2 amide bonds. The first kappa shape index (κ1) is 19.4. The minimum Gasteiger partial charge on any atom is -0.322 e. The molecule has 0 saturated heterocycles. The Morgan fingerprint density at radius 3 is 2.32 bits per heavy atom. The van der Waals surface area contributed by atoms with Gasteiger partial charge in [0.25, 0.3) is 5.91 Å². The Hall–Kier alpha value is -3.37. The maximum absolute atomic E-state index is 12.5. The molecule has 0 unspecified atom stereocenters. The van der Waals surface area contributed by atoms with Crippen LogP contribution in [-0.4, -0.2) is 11.8 Å². The van der Waals surface area contributed by atoms with Crippen molar-refractivity contribution in [3.63, 3.8) is 0 Å². The molecule has 3 aromatic rings. The van der Waals surface area contributed by atoms with Gasteiger partial charge in [0.15, 0.2) is 0 Å². The van der Waals surface area contributed by atoms with Gasteiger partial charge in [0.2, 0.25) is 5.91 Å². The predicted octanol–water partition coefficient (Wildman–Crippen LogP) is 5.55. The third-order valence-corrected chi connectivity index (χ3v) is 4.44. The molecule has 0 spiro atoms. The van der Waals surface area contributed by atoms with Gasteiger partial charge < -0.3 is 10.6 Å². The van der Waals surface area contributed by atoms with Crippen molar-refractivity contribution in [3.8, 4) is 0 Å². The minimum absolute atomic E-state index is 0.277. The van der Waals surface area contributed by atoms with E-state index in [-0.39, 0.29) is 11.8 Å². The quantitative estimate of drug-likeness (QED) is 0.561. The van der Waals surface area contributed by atoms with Crippen molar-refractivity contribution in [2.75, 3.05) is 10.6 Å². The second-order valence-corrected chi connectivity index (χ2v) is 6.60. The zero-order chi connectivity index (χ0) is 19.9. The van der Waals surface area contributed by atoms with Gasteiger partial charge in [0, 0.05) is 17.3 Å². The van der Waals surface area contributed by atoms with Gasteiger partial charge >= 0.3 is 0 Å². The summed E-state index contributed by atoms with van der Waals surface area (Å²) in [4.78, 5) is 24.7. The first-order valence-corrected chi connectivity index (χ1v) is 9.11. The Labute approximate surface area is 168 Å². The number of rotatable bonds is 5. The summed E-state index contributed by atoms with van der Waals surface area (Å²) in [6, 6.07) is 21.8. The first-order valence-electron chi connectivity index (χ1n) is 8.73. The SMILES string of the molecule is Cc1ccccc1NC(=O)c1ccc(Cl)c(NC(=O)C=Cc2ccccc2)c1. The molecule has 140 valence electrons. The van der Waals surface area contributed by atoms with Crippen LogP contribution in [0.4, 0.5) is 11.4 Å². The van der Waals surface area contributed by atoms with E-state index < -0.39 is 0 Å². The fourth-order valence-corrected chi connectivity index (χ4v) is 2.75. The Bertz CT molecular complexity index is 1030. The van der Waals surface area contributed by atoms with E-state index in [9.17, 15) is 9.59 Å². The van der Waals surface area contributed by atoms with Crippen LogP contribution in [-0.2, 0) is 4.79 Å². The van der Waals surface area contributed by atoms with Gasteiger partial charge in [0.1, 0.15) is 0 Å². The second kappa shape index (κ2) is 9.02. The Morgan fingerprint density at radius 1 is 0.857 bits per heavy atom. The summed E-state index contributed by atoms with van der Waals surface area (Å²) in [6.07, 6.45) is 3.13. The molecular formula is C23H19ClN2O2. The van der Waals surface area contributed by atoms with Gasteiger partial charge in [0.05, 0.1) is 10.7 Å². The number of aryl methyl sites for hydroxylation is 1. The Balaban J connectivity index is 1.72. The number of amides is 2. The van der Waals surface area contributed by atoms with E-state index in [1.165, 1.54) is 6.08 Å². The molecule has 0 bridgehead atoms. The summed E-state index contributed by atoms with van der Waals surface area (Å²) in [5, 5.41) is 5.93. The van der Waals surface area contributed by atoms with Crippen LogP contribution in [0, 0.1) is 6.92 Å². The summed E-state index contributed by atoms with van der Waals surface area (Å²) in [6.45, 7) is 1.92. The van der Waals surface area contributed by atoms with Crippen molar-refractivity contribution in [3.05, 3.63) is 101 Å². The molecule has 0 atom stereocenters. The monoisotopic (exact) mass is 390 g/mol. The van der Waals surface area contributed by atoms with Gasteiger partial charge in [-0.3, -0.25) is 9.59 Å². The van der Waals surface area contributed by atoms with Crippen molar-refractivity contribution < 1.29 is 9.59 Å². The number of carbonyl (C=O) groups is 2. The molecule has 3 rings (SSSR count). The van der Waals surface area contributed by atoms with E-state index in [0.29, 0.717) is 16.3 Å². The molecule has 0 saturated carbocycles. The van der Waals surface area contributed by atoms with Crippen LogP contribution in [0.5, 0.6) is 0 Å². The van der Waals surface area contributed by atoms with Gasteiger partial charge in [-0.25, -0.2) is 0 Å². The number of halogens is 1. The predicted molar refractivity (Wildman–Crippen MR) is 115 cm³/mol. The Kier molecular flexibility index (Phi) is 6.25. The third-order valence-electron chi connectivity index (χ3n) is 4.11. The average Bonchev–Trinajstić information content (AvgIpc) is 2.70. The van der Waals surface area contributed by atoms with E-state index in [0.717, 1.165) is 16.8 Å². The van der Waals surface area contributed by atoms with Gasteiger partial charge in [-0.05, 0) is 48.4 Å². The number of hydrogen-bond acceptors (Lipinski definition) is 2. The number of benzene rings is 3. The van der Waals surface area contributed by atoms with Crippen molar-refractivity contribution in [1.29, 1.82) is 0 Å². The van der Waals surface area contributed by atoms with Gasteiger partial charge in [-0.2, -0.15) is 0 Å². The highest BCUT2D eigenvalue weighted by molar-refractivity contribution is 6.34. The van der Waals surface area contributed by atoms with Crippen molar-refractivity contribution >= 4 is 40.9 Å². The Morgan fingerprint density at radius 2 is 1.57 bits per heavy atom. The van der Waals surface area contributed by atoms with E-state index in [2.05, 4.69) is 10.6 Å². The average molecular weight is 391 g/mol. The van der Waals surface area contributed by atoms with E-state index in [4.69, 9.17) is 11.6 Å². The van der Waals surface area contributed by atoms with Crippen molar-refractivity contribution in [2.45, 2.75) is 6.92 Å². The molecule has 0 radical (unpaired) electrons. The molecule has 0 aliphatic rings. The zero-order valence-corrected chi connectivity index (χ0v) is 16.0. The molecule has 0 aromatic heterocycles. The number of nitrogens with one attached hydrogen (secondary N) is 2. The lowest BCUT2D eigenvalue weighted by Gasteiger charge is -2.10. The highest BCUT2D eigenvalue weighted by atomic mass is 35.5. The molecule has 0 fully saturated rings. The molecule has 0 heterocycles. The highest BCUT2D eigenvalue weighted by Crippen LogP contribution is 2.24. The van der Waals surface area contributed by atoms with Crippen molar-refractivity contribution in [1.82, 2.24) is 0 Å². The molecule has 0 aliphatic heterocycles. The van der Waals surface area contributed by atoms with Crippen LogP contribution in [0.15, 0.2) is 78.9 Å².